The van der Waals surface area contributed by atoms with Gasteiger partial charge in [0.05, 0.1) is 12.7 Å². The number of nitrogens with one attached hydrogen (secondary N) is 1. The maximum Gasteiger partial charge on any atom is 0.0897 e. The first-order valence-electron chi connectivity index (χ1n) is 8.58. The smallest absolute Gasteiger partial charge is 0.0897 e. The average Bonchev–Trinajstić information content (AvgIpc) is 2.45. The van der Waals surface area contributed by atoms with Gasteiger partial charge in [0.2, 0.25) is 0 Å². The highest BCUT2D eigenvalue weighted by atomic mass is 16.5. The summed E-state index contributed by atoms with van der Waals surface area (Å²) in [5, 5.41) is 13.4. The van der Waals surface area contributed by atoms with Crippen LogP contribution in [-0.4, -0.2) is 37.0 Å². The third-order valence-corrected chi connectivity index (χ3v) is 4.41. The van der Waals surface area contributed by atoms with Crippen LogP contribution in [0.5, 0.6) is 0 Å². The zero-order chi connectivity index (χ0) is 14.8. The fraction of sp³-hybridized carbons (Fsp3) is 1.00. The van der Waals surface area contributed by atoms with E-state index in [0.717, 1.165) is 24.9 Å². The molecule has 0 aromatic carbocycles. The van der Waals surface area contributed by atoms with Crippen LogP contribution < -0.4 is 5.32 Å². The molecule has 3 nitrogen and oxygen atoms in total. The third kappa shape index (κ3) is 8.23. The molecule has 0 spiro atoms. The monoisotopic (exact) mass is 285 g/mol. The molecule has 0 aromatic rings. The molecule has 0 aromatic heterocycles. The molecule has 1 saturated carbocycles. The largest absolute Gasteiger partial charge is 0.389 e. The highest BCUT2D eigenvalue weighted by Gasteiger charge is 2.20. The highest BCUT2D eigenvalue weighted by Crippen LogP contribution is 2.26. The predicted octanol–water partition coefficient (Wildman–Crippen LogP) is 3.36. The van der Waals surface area contributed by atoms with Crippen molar-refractivity contribution in [3.8, 4) is 0 Å². The Morgan fingerprint density at radius 3 is 2.50 bits per heavy atom. The summed E-state index contributed by atoms with van der Waals surface area (Å²) in [5.41, 5.74) is 0. The molecule has 120 valence electrons. The van der Waals surface area contributed by atoms with Crippen molar-refractivity contribution in [3.05, 3.63) is 0 Å². The Hall–Kier alpha value is -0.120. The van der Waals surface area contributed by atoms with Crippen molar-refractivity contribution in [2.45, 2.75) is 77.9 Å². The van der Waals surface area contributed by atoms with Crippen LogP contribution in [0, 0.1) is 11.8 Å². The molecule has 1 unspecified atom stereocenters. The molecule has 3 heteroatoms. The number of rotatable bonds is 10. The Morgan fingerprint density at radius 2 is 1.85 bits per heavy atom. The van der Waals surface area contributed by atoms with Crippen LogP contribution >= 0.6 is 0 Å². The Bertz CT molecular complexity index is 227. The number of aliphatic hydroxyl groups is 1. The Labute approximate surface area is 125 Å². The van der Waals surface area contributed by atoms with Gasteiger partial charge < -0.3 is 15.2 Å². The Balaban J connectivity index is 1.99. The van der Waals surface area contributed by atoms with Crippen molar-refractivity contribution in [1.82, 2.24) is 5.32 Å². The van der Waals surface area contributed by atoms with Gasteiger partial charge in [-0.25, -0.2) is 0 Å². The summed E-state index contributed by atoms with van der Waals surface area (Å²) in [4.78, 5) is 0. The first-order valence-corrected chi connectivity index (χ1v) is 8.58. The van der Waals surface area contributed by atoms with Gasteiger partial charge >= 0.3 is 0 Å². The maximum absolute atomic E-state index is 9.92. The van der Waals surface area contributed by atoms with Crippen LogP contribution in [0.25, 0.3) is 0 Å². The summed E-state index contributed by atoms with van der Waals surface area (Å²) >= 11 is 0. The lowest BCUT2D eigenvalue weighted by molar-refractivity contribution is 0.0323. The molecular formula is C17H35NO2. The van der Waals surface area contributed by atoms with E-state index in [-0.39, 0.29) is 6.10 Å². The SMILES string of the molecule is CC(C)CCCOCC(O)CN[C@@H](C)C1CCCCC1. The minimum atomic E-state index is -0.375. The molecule has 1 aliphatic rings. The molecular weight excluding hydrogens is 250 g/mol. The molecule has 20 heavy (non-hydrogen) atoms. The van der Waals surface area contributed by atoms with Gasteiger partial charge in [0, 0.05) is 19.2 Å². The van der Waals surface area contributed by atoms with E-state index in [1.165, 1.54) is 38.5 Å². The van der Waals surface area contributed by atoms with Gasteiger partial charge in [0.25, 0.3) is 0 Å². The fourth-order valence-corrected chi connectivity index (χ4v) is 2.99. The summed E-state index contributed by atoms with van der Waals surface area (Å²) in [7, 11) is 0. The standard InChI is InChI=1S/C17H35NO2/c1-14(2)8-7-11-20-13-17(19)12-18-15(3)16-9-5-4-6-10-16/h14-19H,4-13H2,1-3H3/t15-,17?/m0/s1. The lowest BCUT2D eigenvalue weighted by Crippen LogP contribution is -2.40. The summed E-state index contributed by atoms with van der Waals surface area (Å²) in [5.74, 6) is 1.53. The first kappa shape index (κ1) is 17.9. The van der Waals surface area contributed by atoms with E-state index in [2.05, 4.69) is 26.1 Å². The van der Waals surface area contributed by atoms with E-state index in [4.69, 9.17) is 4.74 Å². The fourth-order valence-electron chi connectivity index (χ4n) is 2.99. The summed E-state index contributed by atoms with van der Waals surface area (Å²) in [6.07, 6.45) is 8.75. The summed E-state index contributed by atoms with van der Waals surface area (Å²) < 4.78 is 5.53. The quantitative estimate of drug-likeness (QED) is 0.605. The van der Waals surface area contributed by atoms with E-state index in [1.807, 2.05) is 0 Å². The van der Waals surface area contributed by atoms with Crippen molar-refractivity contribution in [2.24, 2.45) is 11.8 Å². The first-order chi connectivity index (χ1) is 9.59. The van der Waals surface area contributed by atoms with Crippen molar-refractivity contribution in [3.63, 3.8) is 0 Å². The van der Waals surface area contributed by atoms with Crippen LogP contribution in [0.1, 0.15) is 65.7 Å². The van der Waals surface area contributed by atoms with E-state index < -0.39 is 0 Å². The molecule has 2 atom stereocenters. The number of hydrogen-bond donors (Lipinski definition) is 2. The molecule has 0 amide bonds. The van der Waals surface area contributed by atoms with Crippen molar-refractivity contribution < 1.29 is 9.84 Å². The highest BCUT2D eigenvalue weighted by molar-refractivity contribution is 4.76. The molecule has 1 fully saturated rings. The van der Waals surface area contributed by atoms with Crippen molar-refractivity contribution in [1.29, 1.82) is 0 Å². The maximum atomic E-state index is 9.92. The van der Waals surface area contributed by atoms with Gasteiger partial charge in [-0.1, -0.05) is 33.1 Å². The molecule has 0 bridgehead atoms. The molecule has 0 radical (unpaired) electrons. The number of ether oxygens (including phenoxy) is 1. The Morgan fingerprint density at radius 1 is 1.15 bits per heavy atom. The average molecular weight is 285 g/mol. The molecule has 0 saturated heterocycles. The lowest BCUT2D eigenvalue weighted by Gasteiger charge is -2.29. The van der Waals surface area contributed by atoms with Crippen LogP contribution in [0.4, 0.5) is 0 Å². The zero-order valence-corrected chi connectivity index (χ0v) is 13.7. The van der Waals surface area contributed by atoms with Crippen LogP contribution in [0.2, 0.25) is 0 Å². The number of aliphatic hydroxyl groups excluding tert-OH is 1. The topological polar surface area (TPSA) is 41.5 Å². The summed E-state index contributed by atoms with van der Waals surface area (Å²) in [6.45, 7) is 8.60. The minimum absolute atomic E-state index is 0.375. The van der Waals surface area contributed by atoms with Crippen LogP contribution in [0.15, 0.2) is 0 Å². The summed E-state index contributed by atoms with van der Waals surface area (Å²) in [6, 6.07) is 0.519. The van der Waals surface area contributed by atoms with Crippen molar-refractivity contribution >= 4 is 0 Å². The van der Waals surface area contributed by atoms with Crippen LogP contribution in [0.3, 0.4) is 0 Å². The number of hydrogen-bond acceptors (Lipinski definition) is 3. The van der Waals surface area contributed by atoms with Gasteiger partial charge in [0.1, 0.15) is 0 Å². The Kier molecular flexibility index (Phi) is 9.49. The second-order valence-electron chi connectivity index (χ2n) is 6.86. The molecule has 0 aliphatic heterocycles. The normalized spacial score (nSPS) is 20.2. The van der Waals surface area contributed by atoms with E-state index in [9.17, 15) is 5.11 Å². The zero-order valence-electron chi connectivity index (χ0n) is 13.7. The second-order valence-corrected chi connectivity index (χ2v) is 6.86. The van der Waals surface area contributed by atoms with E-state index in [1.54, 1.807) is 0 Å². The molecule has 1 aliphatic carbocycles. The van der Waals surface area contributed by atoms with Gasteiger partial charge in [-0.3, -0.25) is 0 Å². The lowest BCUT2D eigenvalue weighted by atomic mass is 9.84. The predicted molar refractivity (Wildman–Crippen MR) is 84.9 cm³/mol. The minimum Gasteiger partial charge on any atom is -0.389 e. The van der Waals surface area contributed by atoms with Gasteiger partial charge in [0.15, 0.2) is 0 Å². The second kappa shape index (κ2) is 10.6. The van der Waals surface area contributed by atoms with E-state index in [0.29, 0.717) is 19.2 Å². The van der Waals surface area contributed by atoms with Gasteiger partial charge in [-0.15, -0.1) is 0 Å². The van der Waals surface area contributed by atoms with Gasteiger partial charge in [-0.2, -0.15) is 0 Å². The molecule has 0 heterocycles. The molecule has 2 N–H and O–H groups in total. The molecule has 1 rings (SSSR count). The van der Waals surface area contributed by atoms with Gasteiger partial charge in [-0.05, 0) is 44.4 Å². The van der Waals surface area contributed by atoms with Crippen LogP contribution in [-0.2, 0) is 4.74 Å². The van der Waals surface area contributed by atoms with E-state index >= 15 is 0 Å². The third-order valence-electron chi connectivity index (χ3n) is 4.41. The van der Waals surface area contributed by atoms with Crippen molar-refractivity contribution in [2.75, 3.05) is 19.8 Å².